The largest absolute Gasteiger partial charge is 0.630 e. The van der Waals surface area contributed by atoms with E-state index in [2.05, 4.69) is 0 Å². The van der Waals surface area contributed by atoms with Gasteiger partial charge in [0.2, 0.25) is 12.3 Å². The quantitative estimate of drug-likeness (QED) is 0.363. The van der Waals surface area contributed by atoms with E-state index < -0.39 is 45.9 Å². The van der Waals surface area contributed by atoms with Crippen molar-refractivity contribution in [1.82, 2.24) is 4.98 Å². The molecule has 7 rings (SSSR count). The fraction of sp³-hybridized carbons (Fsp3) is 0.387. The number of aliphatic hydroxyl groups excluding tert-OH is 2. The number of benzene rings is 2. The third-order valence-corrected chi connectivity index (χ3v) is 9.35. The average molecular weight is 572 g/mol. The first-order valence-electron chi connectivity index (χ1n) is 14.3. The number of hydroxylamine groups is 6. The molecule has 1 aromatic heterocycles. The molecule has 2 amide bonds. The summed E-state index contributed by atoms with van der Waals surface area (Å²) >= 11 is 0. The van der Waals surface area contributed by atoms with Gasteiger partial charge in [-0.2, -0.15) is 0 Å². The van der Waals surface area contributed by atoms with Crippen LogP contribution in [0.2, 0.25) is 0 Å². The molecule has 3 aromatic rings. The third kappa shape index (κ3) is 3.85. The lowest BCUT2D eigenvalue weighted by molar-refractivity contribution is -0.907. The second kappa shape index (κ2) is 9.40. The van der Waals surface area contributed by atoms with Crippen LogP contribution < -0.4 is 9.80 Å². The summed E-state index contributed by atoms with van der Waals surface area (Å²) in [7, 11) is 0. The molecule has 0 saturated carbocycles. The maximum Gasteiger partial charge on any atom is 0.290 e. The van der Waals surface area contributed by atoms with Crippen molar-refractivity contribution in [1.29, 1.82) is 0 Å². The average Bonchev–Trinajstić information content (AvgIpc) is 3.57. The van der Waals surface area contributed by atoms with E-state index in [-0.39, 0.29) is 49.1 Å². The van der Waals surface area contributed by atoms with E-state index in [1.165, 1.54) is 9.80 Å². The van der Waals surface area contributed by atoms with E-state index in [1.54, 1.807) is 42.5 Å². The van der Waals surface area contributed by atoms with Crippen molar-refractivity contribution in [2.75, 3.05) is 22.9 Å². The summed E-state index contributed by atoms with van der Waals surface area (Å²) in [6.07, 6.45) is -3.92. The highest BCUT2D eigenvalue weighted by Gasteiger charge is 2.63. The zero-order valence-corrected chi connectivity index (χ0v) is 23.4. The summed E-state index contributed by atoms with van der Waals surface area (Å²) in [5.41, 5.74) is 3.65. The summed E-state index contributed by atoms with van der Waals surface area (Å²) in [4.78, 5) is 35.3. The number of carbonyl (C=O) groups is 2. The Morgan fingerprint density at radius 2 is 1.07 bits per heavy atom. The normalized spacial score (nSPS) is 35.7. The van der Waals surface area contributed by atoms with Crippen LogP contribution in [0.1, 0.15) is 47.7 Å². The van der Waals surface area contributed by atoms with Gasteiger partial charge in [-0.05, 0) is 50.2 Å². The van der Waals surface area contributed by atoms with Crippen LogP contribution in [0.15, 0.2) is 66.7 Å². The number of fused-ring (bicyclic) bond motifs is 2. The molecule has 0 spiro atoms. The predicted octanol–water partition coefficient (Wildman–Crippen LogP) is 2.68. The van der Waals surface area contributed by atoms with Crippen LogP contribution in [0, 0.1) is 24.3 Å². The molecule has 4 aliphatic heterocycles. The number of anilines is 2. The lowest BCUT2D eigenvalue weighted by atomic mass is 10.1. The van der Waals surface area contributed by atoms with Gasteiger partial charge in [0.1, 0.15) is 36.7 Å². The van der Waals surface area contributed by atoms with Gasteiger partial charge in [-0.25, -0.2) is 4.98 Å². The van der Waals surface area contributed by atoms with Crippen molar-refractivity contribution in [3.63, 3.8) is 0 Å². The number of aryl methyl sites for hydroxylation is 2. The number of carbonyl (C=O) groups excluding carboxylic acids is 2. The van der Waals surface area contributed by atoms with Crippen molar-refractivity contribution >= 4 is 23.2 Å². The van der Waals surface area contributed by atoms with Gasteiger partial charge in [0.15, 0.2) is 12.1 Å². The zero-order chi connectivity index (χ0) is 29.6. The van der Waals surface area contributed by atoms with Gasteiger partial charge in [-0.1, -0.05) is 41.5 Å². The number of pyridine rings is 1. The topological polar surface area (TPSA) is 140 Å². The maximum atomic E-state index is 14.5. The molecule has 6 unspecified atom stereocenters. The van der Waals surface area contributed by atoms with Gasteiger partial charge >= 0.3 is 0 Å². The second-order valence-electron chi connectivity index (χ2n) is 12.2. The summed E-state index contributed by atoms with van der Waals surface area (Å²) in [6, 6.07) is 17.7. The predicted molar refractivity (Wildman–Crippen MR) is 153 cm³/mol. The fourth-order valence-corrected chi connectivity index (χ4v) is 7.42. The van der Waals surface area contributed by atoms with E-state index in [4.69, 9.17) is 4.98 Å². The summed E-state index contributed by atoms with van der Waals surface area (Å²) < 4.78 is -1.96. The summed E-state index contributed by atoms with van der Waals surface area (Å²) in [6.45, 7) is 3.54. The van der Waals surface area contributed by atoms with Crippen molar-refractivity contribution in [3.05, 3.63) is 99.7 Å². The molecule has 2 N–H and O–H groups in total. The molecular formula is C31H33N5O6. The molecule has 4 fully saturated rings. The minimum Gasteiger partial charge on any atom is -0.630 e. The number of aromatic nitrogens is 1. The molecule has 218 valence electrons. The fourth-order valence-electron chi connectivity index (χ4n) is 7.42. The van der Waals surface area contributed by atoms with Crippen molar-refractivity contribution in [2.45, 2.75) is 63.3 Å². The molecule has 0 aliphatic carbocycles. The zero-order valence-electron chi connectivity index (χ0n) is 23.4. The van der Waals surface area contributed by atoms with Crippen molar-refractivity contribution in [3.8, 4) is 0 Å². The lowest BCUT2D eigenvalue weighted by Gasteiger charge is -2.45. The Bertz CT molecular complexity index is 1450. The Balaban J connectivity index is 1.37. The first-order chi connectivity index (χ1) is 20.0. The van der Waals surface area contributed by atoms with Gasteiger partial charge in [0, 0.05) is 12.8 Å². The number of amides is 2. The van der Waals surface area contributed by atoms with Gasteiger partial charge in [-0.3, -0.25) is 19.4 Å². The van der Waals surface area contributed by atoms with Crippen molar-refractivity contribution < 1.29 is 29.1 Å². The maximum absolute atomic E-state index is 14.5. The SMILES string of the molecule is Cc1ccc(N2C(=O)C3CC(O)C[N@+]3([O-])C2c2cccc(C3N(c4ccc(C)cc4)C(=O)C4CC(O)C[N@@+]43[O-])n2)cc1. The number of quaternary nitrogens is 2. The highest BCUT2D eigenvalue weighted by molar-refractivity contribution is 6.00. The van der Waals surface area contributed by atoms with Gasteiger partial charge in [0.05, 0.1) is 11.4 Å². The van der Waals surface area contributed by atoms with Crippen LogP contribution >= 0.6 is 0 Å². The highest BCUT2D eigenvalue weighted by atomic mass is 16.6. The number of nitrogens with zero attached hydrogens (tertiary/aromatic N) is 5. The van der Waals surface area contributed by atoms with E-state index >= 15 is 0 Å². The Morgan fingerprint density at radius 1 is 0.690 bits per heavy atom. The smallest absolute Gasteiger partial charge is 0.290 e. The molecule has 5 heterocycles. The van der Waals surface area contributed by atoms with Crippen LogP contribution in [0.4, 0.5) is 11.4 Å². The van der Waals surface area contributed by atoms with E-state index in [1.807, 2.05) is 38.1 Å². The highest BCUT2D eigenvalue weighted by Crippen LogP contribution is 2.50. The van der Waals surface area contributed by atoms with Crippen LogP contribution in [-0.2, 0) is 9.59 Å². The van der Waals surface area contributed by atoms with Crippen LogP contribution in [0.3, 0.4) is 0 Å². The van der Waals surface area contributed by atoms with Gasteiger partial charge < -0.3 is 29.9 Å². The minimum atomic E-state index is -1.09. The number of hydrogen-bond acceptors (Lipinski definition) is 7. The van der Waals surface area contributed by atoms with E-state index in [0.29, 0.717) is 11.4 Å². The van der Waals surface area contributed by atoms with E-state index in [9.17, 15) is 30.2 Å². The summed E-state index contributed by atoms with van der Waals surface area (Å²) in [5.74, 6) is -0.759. The molecule has 2 aromatic carbocycles. The van der Waals surface area contributed by atoms with Crippen LogP contribution in [-0.4, -0.2) is 73.7 Å². The number of rotatable bonds is 4. The van der Waals surface area contributed by atoms with Gasteiger partial charge in [0.25, 0.3) is 11.8 Å². The third-order valence-electron chi connectivity index (χ3n) is 9.35. The molecule has 11 nitrogen and oxygen atoms in total. The van der Waals surface area contributed by atoms with Crippen LogP contribution in [0.5, 0.6) is 0 Å². The molecular weight excluding hydrogens is 538 g/mol. The number of hydrogen-bond donors (Lipinski definition) is 2. The Morgan fingerprint density at radius 3 is 1.45 bits per heavy atom. The standard InChI is InChI=1S/C31H33N5O6/c1-18-6-10-20(11-7-18)33-28(35(41)16-22(37)14-26(35)30(33)39)24-4-3-5-25(32-24)29-34(21-12-8-19(2)9-13-21)31(40)27-15-23(38)17-36(27,29)42/h3-13,22-23,26-29,37-38H,14-17H2,1-2H3/t22?,23?,26?,27?,28?,29?,35-,36-/m1/s1. The Kier molecular flexibility index (Phi) is 6.07. The minimum absolute atomic E-state index is 0.0549. The molecule has 11 heteroatoms. The first-order valence-corrected chi connectivity index (χ1v) is 14.3. The molecule has 42 heavy (non-hydrogen) atoms. The van der Waals surface area contributed by atoms with Crippen LogP contribution in [0.25, 0.3) is 0 Å². The molecule has 4 aliphatic rings. The first kappa shape index (κ1) is 27.1. The lowest BCUT2D eigenvalue weighted by Crippen LogP contribution is -2.48. The second-order valence-corrected chi connectivity index (χ2v) is 12.2. The molecule has 8 atom stereocenters. The summed E-state index contributed by atoms with van der Waals surface area (Å²) in [5, 5.41) is 49.9. The molecule has 0 radical (unpaired) electrons. The van der Waals surface area contributed by atoms with E-state index in [0.717, 1.165) is 11.1 Å². The van der Waals surface area contributed by atoms with Crippen molar-refractivity contribution in [2.24, 2.45) is 0 Å². The van der Waals surface area contributed by atoms with Gasteiger partial charge in [-0.15, -0.1) is 0 Å². The Hall–Kier alpha value is -3.71. The Labute approximate surface area is 243 Å². The molecule has 0 bridgehead atoms. The number of aliphatic hydroxyl groups is 2. The molecule has 4 saturated heterocycles. The monoisotopic (exact) mass is 571 g/mol.